The number of carbonyl (C=O) groups is 6. The van der Waals surface area contributed by atoms with Gasteiger partial charge in [0.2, 0.25) is 35.4 Å². The third-order valence-corrected chi connectivity index (χ3v) is 13.6. The maximum absolute atomic E-state index is 14.8. The van der Waals surface area contributed by atoms with Crippen LogP contribution in [0, 0.1) is 5.92 Å². The number of amides is 6. The summed E-state index contributed by atoms with van der Waals surface area (Å²) in [6, 6.07) is 11.0. The van der Waals surface area contributed by atoms with E-state index in [1.807, 2.05) is 61.7 Å². The van der Waals surface area contributed by atoms with Gasteiger partial charge in [0.05, 0.1) is 6.54 Å². The Bertz CT molecular complexity index is 2280. The minimum atomic E-state index is -1.38. The zero-order valence-corrected chi connectivity index (χ0v) is 35.0. The normalized spacial score (nSPS) is 26.7. The Morgan fingerprint density at radius 2 is 1.33 bits per heavy atom. The van der Waals surface area contributed by atoms with Crippen molar-refractivity contribution >= 4 is 57.2 Å². The number of nitrogens with two attached hydrogens (primary N) is 1. The van der Waals surface area contributed by atoms with E-state index in [0.29, 0.717) is 38.5 Å². The van der Waals surface area contributed by atoms with Gasteiger partial charge in [0.25, 0.3) is 0 Å². The maximum Gasteiger partial charge on any atom is 0.246 e. The summed E-state index contributed by atoms with van der Waals surface area (Å²) in [6.45, 7) is 1.95. The highest BCUT2D eigenvalue weighted by Gasteiger charge is 2.50. The summed E-state index contributed by atoms with van der Waals surface area (Å²) in [6.07, 6.45) is 10.4. The molecule has 2 aliphatic carbocycles. The second kappa shape index (κ2) is 18.1. The van der Waals surface area contributed by atoms with Crippen molar-refractivity contribution < 1.29 is 28.8 Å². The smallest absolute Gasteiger partial charge is 0.246 e. The van der Waals surface area contributed by atoms with Crippen LogP contribution in [0.3, 0.4) is 0 Å². The Kier molecular flexibility index (Phi) is 12.5. The molecule has 2 aromatic heterocycles. The minimum absolute atomic E-state index is 0.0804. The first-order valence-corrected chi connectivity index (χ1v) is 22.2. The third-order valence-electron chi connectivity index (χ3n) is 13.6. The van der Waals surface area contributed by atoms with Gasteiger partial charge in [-0.25, -0.2) is 0 Å². The van der Waals surface area contributed by atoms with E-state index in [1.54, 1.807) is 11.1 Å². The van der Waals surface area contributed by atoms with Crippen molar-refractivity contribution in [2.75, 3.05) is 19.6 Å². The highest BCUT2D eigenvalue weighted by atomic mass is 16.2. The first kappa shape index (κ1) is 42.0. The average molecular weight is 834 g/mol. The summed E-state index contributed by atoms with van der Waals surface area (Å²) in [5.74, 6) is -2.75. The molecule has 4 heterocycles. The molecule has 1 spiro atoms. The van der Waals surface area contributed by atoms with E-state index in [0.717, 1.165) is 58.6 Å². The largest absolute Gasteiger partial charge is 0.361 e. The Morgan fingerprint density at radius 3 is 1.97 bits per heavy atom. The number of rotatable bonds is 8. The number of fused-ring (bicyclic) bond motifs is 5. The van der Waals surface area contributed by atoms with Crippen molar-refractivity contribution in [2.45, 2.75) is 126 Å². The van der Waals surface area contributed by atoms with Gasteiger partial charge in [-0.1, -0.05) is 69.0 Å². The Morgan fingerprint density at radius 1 is 0.721 bits per heavy atom. The number of hydrogen-bond donors (Lipinski definition) is 7. The van der Waals surface area contributed by atoms with Gasteiger partial charge in [0.15, 0.2) is 0 Å². The van der Waals surface area contributed by atoms with Crippen molar-refractivity contribution in [3.8, 4) is 0 Å². The number of benzene rings is 2. The predicted octanol–water partition coefficient (Wildman–Crippen LogP) is 3.08. The molecule has 324 valence electrons. The van der Waals surface area contributed by atoms with Gasteiger partial charge in [0.1, 0.15) is 29.7 Å². The summed E-state index contributed by atoms with van der Waals surface area (Å²) in [4.78, 5) is 97.7. The Hall–Kier alpha value is -5.70. The van der Waals surface area contributed by atoms with Gasteiger partial charge in [0, 0.05) is 59.6 Å². The number of nitrogens with one attached hydrogen (secondary N) is 6. The van der Waals surface area contributed by atoms with Gasteiger partial charge in [-0.05, 0) is 80.7 Å². The number of carbonyl (C=O) groups excluding carboxylic acids is 6. The molecule has 0 radical (unpaired) electrons. The van der Waals surface area contributed by atoms with Crippen molar-refractivity contribution in [3.63, 3.8) is 0 Å². The van der Waals surface area contributed by atoms with Crippen LogP contribution in [0.2, 0.25) is 0 Å². The fraction of sp³-hybridized carbons (Fsp3) is 0.522. The Labute approximate surface area is 355 Å². The molecule has 15 nitrogen and oxygen atoms in total. The van der Waals surface area contributed by atoms with E-state index in [1.165, 1.54) is 4.90 Å². The second-order valence-electron chi connectivity index (χ2n) is 17.6. The molecule has 2 aromatic carbocycles. The first-order valence-electron chi connectivity index (χ1n) is 22.2. The second-order valence-corrected chi connectivity index (χ2v) is 17.6. The summed E-state index contributed by atoms with van der Waals surface area (Å²) >= 11 is 0. The molecule has 6 amide bonds. The fourth-order valence-corrected chi connectivity index (χ4v) is 10.5. The van der Waals surface area contributed by atoms with Crippen molar-refractivity contribution in [2.24, 2.45) is 11.7 Å². The van der Waals surface area contributed by atoms with E-state index in [2.05, 4.69) is 31.2 Å². The molecule has 2 saturated heterocycles. The molecule has 61 heavy (non-hydrogen) atoms. The van der Waals surface area contributed by atoms with Crippen LogP contribution >= 0.6 is 0 Å². The number of aromatic nitrogens is 2. The van der Waals surface area contributed by atoms with Crippen LogP contribution in [-0.2, 0) is 41.6 Å². The summed E-state index contributed by atoms with van der Waals surface area (Å²) in [5, 5.41) is 13.9. The summed E-state index contributed by atoms with van der Waals surface area (Å²) in [5.41, 5.74) is 8.01. The van der Waals surface area contributed by atoms with E-state index < -0.39 is 59.2 Å². The Balaban J connectivity index is 1.19. The number of aromatic amines is 2. The quantitative estimate of drug-likeness (QED) is 0.141. The lowest BCUT2D eigenvalue weighted by Gasteiger charge is -2.37. The molecule has 8 rings (SSSR count). The molecule has 2 saturated carbocycles. The van der Waals surface area contributed by atoms with Crippen LogP contribution in [0.15, 0.2) is 60.9 Å². The van der Waals surface area contributed by atoms with Crippen LogP contribution in [0.25, 0.3) is 21.8 Å². The lowest BCUT2D eigenvalue weighted by atomic mass is 9.84. The van der Waals surface area contributed by atoms with Crippen LogP contribution in [-0.4, -0.2) is 111 Å². The van der Waals surface area contributed by atoms with E-state index >= 15 is 0 Å². The number of hydrogen-bond acceptors (Lipinski definition) is 7. The van der Waals surface area contributed by atoms with Crippen molar-refractivity contribution in [1.82, 2.24) is 41.0 Å². The fourth-order valence-electron chi connectivity index (χ4n) is 10.5. The van der Waals surface area contributed by atoms with E-state index in [-0.39, 0.29) is 56.8 Å². The standard InChI is InChI=1S/C46H59N9O6/c1-2-21-54-27-40(56)55-38-16-8-3-11-28(38)24-39(55)43(59)51-37(23-30-26-49-34-15-7-5-13-32(30)34)42(58)53-46(18-9-10-19-46)45(61)52-36(41(57)50-35(17-20-47)44(54)60)22-29-25-48-33-14-6-4-12-31(29)33/h4-7,12-15,25-26,28,35-39,48-49H,2-3,8-11,16-24,27,47H2,1H3,(H,50,57)(H,51,59)(H,52,61)(H,53,58)/t28-,35?,36?,37?,38-,39?/m0/s1. The zero-order valence-electron chi connectivity index (χ0n) is 35.0. The van der Waals surface area contributed by atoms with Gasteiger partial charge in [-0.3, -0.25) is 28.8 Å². The van der Waals surface area contributed by atoms with Crippen LogP contribution in [0.5, 0.6) is 0 Å². The molecule has 0 bridgehead atoms. The number of H-pyrrole nitrogens is 2. The number of nitrogens with zero attached hydrogens (tertiary/aromatic N) is 2. The SMILES string of the molecule is CCCN1CC(=O)N2C(C[C@@H]3CCCC[C@@H]32)C(=O)NC(Cc2c[nH]c3ccccc23)C(=O)NC2(CCCC2)C(=O)NC(Cc2c[nH]c3ccccc23)C(=O)NC(CCN)C1=O. The highest BCUT2D eigenvalue weighted by molar-refractivity contribution is 6.00. The molecular formula is C46H59N9O6. The molecular weight excluding hydrogens is 775 g/mol. The summed E-state index contributed by atoms with van der Waals surface area (Å²) < 4.78 is 0. The summed E-state index contributed by atoms with van der Waals surface area (Å²) in [7, 11) is 0. The number of para-hydroxylation sites is 2. The zero-order chi connectivity index (χ0) is 42.7. The molecule has 4 unspecified atom stereocenters. The topological polar surface area (TPSA) is 215 Å². The predicted molar refractivity (Wildman–Crippen MR) is 231 cm³/mol. The van der Waals surface area contributed by atoms with Crippen molar-refractivity contribution in [1.29, 1.82) is 0 Å². The van der Waals surface area contributed by atoms with Crippen LogP contribution in [0.4, 0.5) is 0 Å². The van der Waals surface area contributed by atoms with E-state index in [9.17, 15) is 28.8 Å². The molecule has 15 heteroatoms. The lowest BCUT2D eigenvalue weighted by molar-refractivity contribution is -0.147. The molecule has 4 aliphatic rings. The van der Waals surface area contributed by atoms with Crippen LogP contribution < -0.4 is 27.0 Å². The molecule has 4 aromatic rings. The lowest BCUT2D eigenvalue weighted by Crippen LogP contribution is -2.65. The maximum atomic E-state index is 14.8. The van der Waals surface area contributed by atoms with Gasteiger partial charge in [-0.2, -0.15) is 0 Å². The highest BCUT2D eigenvalue weighted by Crippen LogP contribution is 2.40. The average Bonchev–Trinajstić information content (AvgIpc) is 4.08. The molecule has 2 aliphatic heterocycles. The van der Waals surface area contributed by atoms with Gasteiger partial charge >= 0.3 is 0 Å². The van der Waals surface area contributed by atoms with Crippen molar-refractivity contribution in [3.05, 3.63) is 72.1 Å². The first-order chi connectivity index (χ1) is 29.6. The minimum Gasteiger partial charge on any atom is -0.361 e. The third kappa shape index (κ3) is 8.62. The van der Waals surface area contributed by atoms with Gasteiger partial charge < -0.3 is 46.8 Å². The monoisotopic (exact) mass is 833 g/mol. The van der Waals surface area contributed by atoms with Crippen LogP contribution in [0.1, 0.15) is 88.7 Å². The molecule has 8 N–H and O–H groups in total. The molecule has 6 atom stereocenters. The van der Waals surface area contributed by atoms with Gasteiger partial charge in [-0.15, -0.1) is 0 Å². The van der Waals surface area contributed by atoms with E-state index in [4.69, 9.17) is 5.73 Å². The molecule has 4 fully saturated rings.